The van der Waals surface area contributed by atoms with Crippen molar-refractivity contribution in [2.24, 2.45) is 0 Å². The van der Waals surface area contributed by atoms with E-state index in [-0.39, 0.29) is 23.7 Å². The Bertz CT molecular complexity index is 1510. The highest BCUT2D eigenvalue weighted by atomic mass is 16.6. The molecule has 2 aliphatic rings. The fraction of sp³-hybridized carbons (Fsp3) is 0.441. The Labute approximate surface area is 249 Å². The van der Waals surface area contributed by atoms with Gasteiger partial charge in [0, 0.05) is 44.0 Å². The molecule has 3 aromatic rings. The molecule has 2 aliphatic heterocycles. The lowest BCUT2D eigenvalue weighted by Crippen LogP contribution is -2.56. The van der Waals surface area contributed by atoms with Gasteiger partial charge in [0.05, 0.1) is 17.9 Å². The van der Waals surface area contributed by atoms with Crippen LogP contribution in [0.4, 0.5) is 10.6 Å². The molecule has 2 aromatic carbocycles. The number of nitrogens with zero attached hydrogens (tertiary/aromatic N) is 5. The smallest absolute Gasteiger partial charge is 0.410 e. The summed E-state index contributed by atoms with van der Waals surface area (Å²) in [6.07, 6.45) is 4.72. The van der Waals surface area contributed by atoms with Crippen molar-refractivity contribution in [1.82, 2.24) is 19.4 Å². The van der Waals surface area contributed by atoms with Crippen molar-refractivity contribution in [2.45, 2.75) is 78.6 Å². The maximum Gasteiger partial charge on any atom is 0.410 e. The summed E-state index contributed by atoms with van der Waals surface area (Å²) < 4.78 is 7.47. The molecule has 0 N–H and O–H groups in total. The van der Waals surface area contributed by atoms with Gasteiger partial charge in [-0.15, -0.1) is 0 Å². The molecule has 222 valence electrons. The van der Waals surface area contributed by atoms with Gasteiger partial charge in [-0.25, -0.2) is 9.59 Å². The molecule has 0 bridgehead atoms. The van der Waals surface area contributed by atoms with Crippen LogP contribution in [0.5, 0.6) is 0 Å². The molecule has 5 rings (SSSR count). The lowest BCUT2D eigenvalue weighted by atomic mass is 10.00. The molecular weight excluding hydrogens is 526 g/mol. The van der Waals surface area contributed by atoms with Crippen LogP contribution in [0.3, 0.4) is 0 Å². The third-order valence-electron chi connectivity index (χ3n) is 7.93. The number of hydrogen-bond donors (Lipinski definition) is 0. The van der Waals surface area contributed by atoms with Crippen molar-refractivity contribution in [3.63, 3.8) is 0 Å². The summed E-state index contributed by atoms with van der Waals surface area (Å²) in [5.74, 6) is 0.938. The quantitative estimate of drug-likeness (QED) is 0.353. The van der Waals surface area contributed by atoms with Gasteiger partial charge in [0.15, 0.2) is 0 Å². The van der Waals surface area contributed by atoms with E-state index in [1.54, 1.807) is 4.90 Å². The molecule has 1 atom stereocenters. The van der Waals surface area contributed by atoms with Gasteiger partial charge in [-0.1, -0.05) is 69.3 Å². The number of ether oxygens (including phenoxy) is 1. The summed E-state index contributed by atoms with van der Waals surface area (Å²) >= 11 is 0. The summed E-state index contributed by atoms with van der Waals surface area (Å²) in [5, 5.41) is 0. The predicted molar refractivity (Wildman–Crippen MR) is 168 cm³/mol. The van der Waals surface area contributed by atoms with Gasteiger partial charge in [-0.05, 0) is 56.4 Å². The van der Waals surface area contributed by atoms with E-state index in [2.05, 4.69) is 73.2 Å². The van der Waals surface area contributed by atoms with E-state index in [0.29, 0.717) is 32.0 Å². The van der Waals surface area contributed by atoms with E-state index in [1.165, 1.54) is 5.56 Å². The number of fused-ring (bicyclic) bond motifs is 1. The van der Waals surface area contributed by atoms with Crippen LogP contribution in [-0.2, 0) is 17.8 Å². The van der Waals surface area contributed by atoms with Crippen LogP contribution in [0.25, 0.3) is 11.8 Å². The summed E-state index contributed by atoms with van der Waals surface area (Å²) in [6, 6.07) is 18.5. The fourth-order valence-electron chi connectivity index (χ4n) is 5.87. The SMILES string of the molecule is CCC1CN(C(=O)OC(C)(C)C)CCN1c1nc(=O)n(-c2ccccc2C(C)C)c2c1C=CN(Cc1ccccc1)C2. The Hall–Kier alpha value is -4.07. The van der Waals surface area contributed by atoms with Gasteiger partial charge in [-0.2, -0.15) is 4.98 Å². The normalized spacial score (nSPS) is 17.0. The first-order valence-corrected chi connectivity index (χ1v) is 15.0. The van der Waals surface area contributed by atoms with Crippen LogP contribution >= 0.6 is 0 Å². The molecular formula is C34H43N5O3. The third-order valence-corrected chi connectivity index (χ3v) is 7.93. The Morgan fingerprint density at radius 1 is 1.05 bits per heavy atom. The molecule has 1 fully saturated rings. The summed E-state index contributed by atoms with van der Waals surface area (Å²) in [4.78, 5) is 37.9. The van der Waals surface area contributed by atoms with Crippen LogP contribution in [0.15, 0.2) is 65.6 Å². The molecule has 3 heterocycles. The molecule has 8 heteroatoms. The number of rotatable bonds is 6. The molecule has 1 saturated heterocycles. The molecule has 1 unspecified atom stereocenters. The van der Waals surface area contributed by atoms with E-state index in [1.807, 2.05) is 49.6 Å². The lowest BCUT2D eigenvalue weighted by Gasteiger charge is -2.43. The second-order valence-corrected chi connectivity index (χ2v) is 12.5. The maximum absolute atomic E-state index is 14.0. The molecule has 1 aromatic heterocycles. The zero-order chi connectivity index (χ0) is 30.0. The Morgan fingerprint density at radius 2 is 1.76 bits per heavy atom. The number of carbonyl (C=O) groups is 1. The van der Waals surface area contributed by atoms with Crippen molar-refractivity contribution < 1.29 is 9.53 Å². The number of amides is 1. The highest BCUT2D eigenvalue weighted by molar-refractivity contribution is 5.71. The number of carbonyl (C=O) groups excluding carboxylic acids is 1. The topological polar surface area (TPSA) is 70.9 Å². The van der Waals surface area contributed by atoms with Crippen molar-refractivity contribution in [3.8, 4) is 5.69 Å². The number of hydrogen-bond acceptors (Lipinski definition) is 6. The van der Waals surface area contributed by atoms with Gasteiger partial charge in [0.2, 0.25) is 0 Å². The molecule has 0 spiro atoms. The van der Waals surface area contributed by atoms with Crippen LogP contribution in [0.2, 0.25) is 0 Å². The Kier molecular flexibility index (Phi) is 8.43. The number of aromatic nitrogens is 2. The summed E-state index contributed by atoms with van der Waals surface area (Å²) in [5.41, 5.74) is 4.26. The van der Waals surface area contributed by atoms with E-state index < -0.39 is 5.60 Å². The van der Waals surface area contributed by atoms with E-state index in [0.717, 1.165) is 35.5 Å². The highest BCUT2D eigenvalue weighted by Crippen LogP contribution is 2.33. The molecule has 0 aliphatic carbocycles. The second-order valence-electron chi connectivity index (χ2n) is 12.5. The largest absolute Gasteiger partial charge is 0.444 e. The fourth-order valence-corrected chi connectivity index (χ4v) is 5.87. The number of para-hydroxylation sites is 1. The number of benzene rings is 2. The van der Waals surface area contributed by atoms with Gasteiger partial charge >= 0.3 is 11.8 Å². The Morgan fingerprint density at radius 3 is 2.45 bits per heavy atom. The average molecular weight is 570 g/mol. The molecule has 0 radical (unpaired) electrons. The minimum Gasteiger partial charge on any atom is -0.444 e. The molecule has 1 amide bonds. The second kappa shape index (κ2) is 12.0. The van der Waals surface area contributed by atoms with Gasteiger partial charge in [0.25, 0.3) is 0 Å². The minimum absolute atomic E-state index is 0.0109. The van der Waals surface area contributed by atoms with Crippen molar-refractivity contribution in [2.75, 3.05) is 24.5 Å². The first-order chi connectivity index (χ1) is 20.1. The number of piperazine rings is 1. The van der Waals surface area contributed by atoms with E-state index in [9.17, 15) is 9.59 Å². The van der Waals surface area contributed by atoms with Gasteiger partial charge in [0.1, 0.15) is 11.4 Å². The average Bonchev–Trinajstić information content (AvgIpc) is 2.96. The van der Waals surface area contributed by atoms with E-state index >= 15 is 0 Å². The zero-order valence-electron chi connectivity index (χ0n) is 25.7. The molecule has 8 nitrogen and oxygen atoms in total. The van der Waals surface area contributed by atoms with Crippen molar-refractivity contribution in [1.29, 1.82) is 0 Å². The van der Waals surface area contributed by atoms with Crippen LogP contribution < -0.4 is 10.6 Å². The van der Waals surface area contributed by atoms with Crippen LogP contribution in [-0.4, -0.2) is 56.7 Å². The third kappa shape index (κ3) is 6.22. The maximum atomic E-state index is 14.0. The number of anilines is 1. The highest BCUT2D eigenvalue weighted by Gasteiger charge is 2.34. The first-order valence-electron chi connectivity index (χ1n) is 15.0. The monoisotopic (exact) mass is 569 g/mol. The summed E-state index contributed by atoms with van der Waals surface area (Å²) in [7, 11) is 0. The Balaban J connectivity index is 1.56. The van der Waals surface area contributed by atoms with Gasteiger partial charge in [-0.3, -0.25) is 4.57 Å². The van der Waals surface area contributed by atoms with Crippen LogP contribution in [0.1, 0.15) is 76.3 Å². The zero-order valence-corrected chi connectivity index (χ0v) is 25.7. The van der Waals surface area contributed by atoms with Crippen LogP contribution in [0, 0.1) is 0 Å². The predicted octanol–water partition coefficient (Wildman–Crippen LogP) is 6.18. The lowest BCUT2D eigenvalue weighted by molar-refractivity contribution is 0.0213. The van der Waals surface area contributed by atoms with Crippen molar-refractivity contribution in [3.05, 3.63) is 93.7 Å². The minimum atomic E-state index is -0.552. The van der Waals surface area contributed by atoms with Crippen molar-refractivity contribution >= 4 is 18.0 Å². The molecule has 0 saturated carbocycles. The van der Waals surface area contributed by atoms with Gasteiger partial charge < -0.3 is 19.4 Å². The first kappa shape index (κ1) is 29.4. The summed E-state index contributed by atoms with van der Waals surface area (Å²) in [6.45, 7) is 15.0. The molecule has 42 heavy (non-hydrogen) atoms. The van der Waals surface area contributed by atoms with E-state index in [4.69, 9.17) is 9.72 Å². The standard InChI is InChI=1S/C34H43N5O3/c1-7-26-22-37(33(41)42-34(4,5)6)19-20-38(26)31-28-17-18-36(21-25-13-9-8-10-14-25)23-30(28)39(32(40)35-31)29-16-12-11-15-27(29)24(2)3/h8-18,24,26H,7,19-23H2,1-6H3.